The van der Waals surface area contributed by atoms with Gasteiger partial charge in [-0.2, -0.15) is 4.98 Å². The van der Waals surface area contributed by atoms with Crippen LogP contribution in [0.4, 0.5) is 4.79 Å². The van der Waals surface area contributed by atoms with Crippen molar-refractivity contribution in [3.05, 3.63) is 24.2 Å². The predicted molar refractivity (Wildman–Crippen MR) is 93.8 cm³/mol. The number of piperidine rings is 1. The first-order valence-electron chi connectivity index (χ1n) is 9.12. The molecular formula is C18H23N5O3. The average Bonchev–Trinajstić information content (AvgIpc) is 3.40. The fourth-order valence-corrected chi connectivity index (χ4v) is 3.58. The fourth-order valence-electron chi connectivity index (χ4n) is 3.58. The Balaban J connectivity index is 1.37. The molecule has 2 aromatic rings. The fraction of sp³-hybridized carbons (Fsp3) is 0.556. The maximum atomic E-state index is 12.5. The second-order valence-corrected chi connectivity index (χ2v) is 6.78. The first kappa shape index (κ1) is 16.8. The zero-order valence-corrected chi connectivity index (χ0v) is 14.9. The number of pyridine rings is 1. The number of hydrogen-bond donors (Lipinski definition) is 0. The smallest absolute Gasteiger partial charge is 0.319 e. The topological polar surface area (TPSA) is 84.6 Å². The van der Waals surface area contributed by atoms with Gasteiger partial charge in [0.2, 0.25) is 17.6 Å². The van der Waals surface area contributed by atoms with E-state index in [1.807, 2.05) is 15.9 Å². The van der Waals surface area contributed by atoms with Crippen molar-refractivity contribution in [3.63, 3.8) is 0 Å². The molecule has 2 fully saturated rings. The van der Waals surface area contributed by atoms with Crippen LogP contribution in [-0.2, 0) is 0 Å². The molecule has 0 saturated carbocycles. The first-order valence-corrected chi connectivity index (χ1v) is 9.12. The Morgan fingerprint density at radius 2 is 1.88 bits per heavy atom. The number of likely N-dealkylation sites (tertiary alicyclic amines) is 2. The van der Waals surface area contributed by atoms with Crippen molar-refractivity contribution in [2.24, 2.45) is 0 Å². The molecule has 0 radical (unpaired) electrons. The van der Waals surface area contributed by atoms with Crippen molar-refractivity contribution in [3.8, 4) is 17.3 Å². The maximum absolute atomic E-state index is 12.5. The van der Waals surface area contributed by atoms with Crippen LogP contribution in [0.2, 0.25) is 0 Å². The molecule has 2 aliphatic rings. The third-order valence-corrected chi connectivity index (χ3v) is 5.14. The lowest BCUT2D eigenvalue weighted by atomic mass is 9.97. The van der Waals surface area contributed by atoms with E-state index < -0.39 is 0 Å². The Bertz CT molecular complexity index is 746. The minimum Gasteiger partial charge on any atom is -0.481 e. The number of urea groups is 1. The van der Waals surface area contributed by atoms with Gasteiger partial charge in [0.1, 0.15) is 0 Å². The van der Waals surface area contributed by atoms with Gasteiger partial charge in [0.05, 0.1) is 7.11 Å². The van der Waals surface area contributed by atoms with Crippen LogP contribution in [0.3, 0.4) is 0 Å². The number of methoxy groups -OCH3 is 1. The minimum absolute atomic E-state index is 0.177. The Hall–Kier alpha value is -2.64. The van der Waals surface area contributed by atoms with Gasteiger partial charge in [-0.05, 0) is 31.7 Å². The summed E-state index contributed by atoms with van der Waals surface area (Å²) < 4.78 is 10.5. The van der Waals surface area contributed by atoms with E-state index in [9.17, 15) is 4.79 Å². The van der Waals surface area contributed by atoms with Crippen LogP contribution in [0.15, 0.2) is 22.9 Å². The van der Waals surface area contributed by atoms with Crippen LogP contribution in [0.5, 0.6) is 5.88 Å². The normalized spacial score (nSPS) is 18.3. The van der Waals surface area contributed by atoms with Crippen LogP contribution < -0.4 is 4.74 Å². The number of nitrogens with zero attached hydrogens (tertiary/aromatic N) is 5. The van der Waals surface area contributed by atoms with E-state index in [1.54, 1.807) is 19.4 Å². The summed E-state index contributed by atoms with van der Waals surface area (Å²) in [4.78, 5) is 25.1. The number of hydrogen-bond acceptors (Lipinski definition) is 6. The number of aromatic nitrogens is 3. The lowest BCUT2D eigenvalue weighted by molar-refractivity contribution is 0.144. The monoisotopic (exact) mass is 357 g/mol. The highest BCUT2D eigenvalue weighted by atomic mass is 16.5. The van der Waals surface area contributed by atoms with Gasteiger partial charge in [-0.3, -0.25) is 0 Å². The lowest BCUT2D eigenvalue weighted by Crippen LogP contribution is -2.45. The van der Waals surface area contributed by atoms with Gasteiger partial charge < -0.3 is 19.1 Å². The van der Waals surface area contributed by atoms with Crippen LogP contribution in [0.25, 0.3) is 11.4 Å². The number of ether oxygens (including phenoxy) is 1. The molecule has 138 valence electrons. The summed E-state index contributed by atoms with van der Waals surface area (Å²) in [5, 5.41) is 4.08. The third-order valence-electron chi connectivity index (χ3n) is 5.14. The van der Waals surface area contributed by atoms with E-state index in [1.165, 1.54) is 0 Å². The zero-order valence-electron chi connectivity index (χ0n) is 14.9. The molecule has 0 spiro atoms. The second kappa shape index (κ2) is 7.31. The summed E-state index contributed by atoms with van der Waals surface area (Å²) in [6, 6.07) is 3.81. The van der Waals surface area contributed by atoms with Gasteiger partial charge in [-0.1, -0.05) is 5.16 Å². The Kier molecular flexibility index (Phi) is 4.73. The molecule has 2 aliphatic heterocycles. The number of amides is 2. The molecule has 2 amide bonds. The summed E-state index contributed by atoms with van der Waals surface area (Å²) in [5.41, 5.74) is 0.794. The van der Waals surface area contributed by atoms with Gasteiger partial charge in [-0.25, -0.2) is 9.78 Å². The van der Waals surface area contributed by atoms with Gasteiger partial charge in [0, 0.05) is 49.9 Å². The minimum atomic E-state index is 0.177. The summed E-state index contributed by atoms with van der Waals surface area (Å²) in [6.45, 7) is 3.26. The Labute approximate surface area is 152 Å². The quantitative estimate of drug-likeness (QED) is 0.839. The molecule has 0 aromatic carbocycles. The van der Waals surface area contributed by atoms with Crippen LogP contribution in [-0.4, -0.2) is 64.2 Å². The molecule has 8 nitrogen and oxygen atoms in total. The standard InChI is InChI=1S/C18H23N5O3/c1-25-15-5-4-14(12-19-15)16-20-17(26-21-16)13-6-10-23(11-7-13)18(24)22-8-2-3-9-22/h4-5,12-13H,2-3,6-11H2,1H3. The highest BCUT2D eigenvalue weighted by molar-refractivity contribution is 5.74. The molecule has 2 aromatic heterocycles. The van der Waals surface area contributed by atoms with Crippen LogP contribution in [0, 0.1) is 0 Å². The zero-order chi connectivity index (χ0) is 17.9. The van der Waals surface area contributed by atoms with Gasteiger partial charge in [0.25, 0.3) is 0 Å². The SMILES string of the molecule is COc1ccc(-c2noc(C3CCN(C(=O)N4CCCC4)CC3)n2)cn1. The van der Waals surface area contributed by atoms with E-state index in [0.29, 0.717) is 17.6 Å². The van der Waals surface area contributed by atoms with Gasteiger partial charge >= 0.3 is 6.03 Å². The van der Waals surface area contributed by atoms with Crippen LogP contribution >= 0.6 is 0 Å². The van der Waals surface area contributed by atoms with E-state index in [4.69, 9.17) is 9.26 Å². The largest absolute Gasteiger partial charge is 0.481 e. The first-order chi connectivity index (χ1) is 12.7. The molecule has 0 aliphatic carbocycles. The van der Waals surface area contributed by atoms with Crippen molar-refractivity contribution in [1.29, 1.82) is 0 Å². The number of carbonyl (C=O) groups excluding carboxylic acids is 1. The van der Waals surface area contributed by atoms with Crippen molar-refractivity contribution in [2.75, 3.05) is 33.3 Å². The predicted octanol–water partition coefficient (Wildman–Crippen LogP) is 2.54. The van der Waals surface area contributed by atoms with E-state index in [2.05, 4.69) is 15.1 Å². The molecule has 4 heterocycles. The van der Waals surface area contributed by atoms with Crippen molar-refractivity contribution >= 4 is 6.03 Å². The molecule has 8 heteroatoms. The van der Waals surface area contributed by atoms with E-state index in [-0.39, 0.29) is 11.9 Å². The summed E-state index contributed by atoms with van der Waals surface area (Å²) in [7, 11) is 1.58. The lowest BCUT2D eigenvalue weighted by Gasteiger charge is -2.33. The third kappa shape index (κ3) is 3.36. The molecule has 0 N–H and O–H groups in total. The summed E-state index contributed by atoms with van der Waals surface area (Å²) in [6.07, 6.45) is 5.61. The summed E-state index contributed by atoms with van der Waals surface area (Å²) in [5.74, 6) is 1.92. The van der Waals surface area contributed by atoms with Gasteiger partial charge in [-0.15, -0.1) is 0 Å². The van der Waals surface area contributed by atoms with Crippen molar-refractivity contribution in [2.45, 2.75) is 31.6 Å². The molecule has 2 saturated heterocycles. The molecule has 4 rings (SSSR count). The summed E-state index contributed by atoms with van der Waals surface area (Å²) >= 11 is 0. The number of carbonyl (C=O) groups is 1. The molecule has 0 bridgehead atoms. The van der Waals surface area contributed by atoms with E-state index in [0.717, 1.165) is 57.4 Å². The van der Waals surface area contributed by atoms with E-state index >= 15 is 0 Å². The number of rotatable bonds is 3. The van der Waals surface area contributed by atoms with Crippen molar-refractivity contribution < 1.29 is 14.1 Å². The van der Waals surface area contributed by atoms with Crippen LogP contribution in [0.1, 0.15) is 37.5 Å². The second-order valence-electron chi connectivity index (χ2n) is 6.78. The molecular weight excluding hydrogens is 334 g/mol. The molecule has 26 heavy (non-hydrogen) atoms. The molecule has 0 unspecified atom stereocenters. The highest BCUT2D eigenvalue weighted by Crippen LogP contribution is 2.29. The maximum Gasteiger partial charge on any atom is 0.319 e. The molecule has 0 atom stereocenters. The average molecular weight is 357 g/mol. The van der Waals surface area contributed by atoms with Crippen molar-refractivity contribution in [1.82, 2.24) is 24.9 Å². The van der Waals surface area contributed by atoms with Gasteiger partial charge in [0.15, 0.2) is 0 Å². The highest BCUT2D eigenvalue weighted by Gasteiger charge is 2.30. The Morgan fingerprint density at radius 1 is 1.15 bits per heavy atom. The Morgan fingerprint density at radius 3 is 2.54 bits per heavy atom.